The number of carbonyl (C=O) groups is 1. The number of nitrogens with one attached hydrogen (secondary N) is 1. The molecule has 0 unspecified atom stereocenters. The third kappa shape index (κ3) is 4.25. The zero-order valence-corrected chi connectivity index (χ0v) is 13.4. The molecule has 0 saturated heterocycles. The Bertz CT molecular complexity index is 815. The van der Waals surface area contributed by atoms with Crippen LogP contribution in [-0.4, -0.2) is 21.1 Å². The molecule has 6 nitrogen and oxygen atoms in total. The van der Waals surface area contributed by atoms with E-state index in [0.29, 0.717) is 31.2 Å². The van der Waals surface area contributed by atoms with Crippen LogP contribution in [0.25, 0.3) is 11.5 Å². The number of aryl methyl sites for hydroxylation is 2. The van der Waals surface area contributed by atoms with Gasteiger partial charge < -0.3 is 9.73 Å². The minimum Gasteiger partial charge on any atom is -0.421 e. The largest absolute Gasteiger partial charge is 0.421 e. The molecule has 1 amide bonds. The Morgan fingerprint density at radius 2 is 2.12 bits per heavy atom. The van der Waals surface area contributed by atoms with Gasteiger partial charge in [0.25, 0.3) is 0 Å². The molecule has 2 aromatic heterocycles. The summed E-state index contributed by atoms with van der Waals surface area (Å²) in [6.45, 7) is 2.47. The first-order valence-corrected chi connectivity index (χ1v) is 7.76. The molecular formula is C18H18N4O2. The SMILES string of the molecule is Cc1cccc(-c2nnc(CCC(=O)NCc3cccnc3)o2)c1. The molecule has 0 radical (unpaired) electrons. The fourth-order valence-corrected chi connectivity index (χ4v) is 2.26. The zero-order chi connectivity index (χ0) is 16.8. The van der Waals surface area contributed by atoms with Gasteiger partial charge in [-0.3, -0.25) is 9.78 Å². The molecule has 122 valence electrons. The van der Waals surface area contributed by atoms with Crippen LogP contribution in [0.2, 0.25) is 0 Å². The van der Waals surface area contributed by atoms with Crippen LogP contribution < -0.4 is 5.32 Å². The summed E-state index contributed by atoms with van der Waals surface area (Å²) in [5, 5.41) is 10.9. The predicted octanol–water partition coefficient (Wildman–Crippen LogP) is 2.69. The van der Waals surface area contributed by atoms with E-state index in [0.717, 1.165) is 16.7 Å². The van der Waals surface area contributed by atoms with Gasteiger partial charge in [0.05, 0.1) is 0 Å². The van der Waals surface area contributed by atoms with Gasteiger partial charge in [0.1, 0.15) is 0 Å². The van der Waals surface area contributed by atoms with E-state index in [1.165, 1.54) is 0 Å². The first kappa shape index (κ1) is 15.9. The number of hydrogen-bond acceptors (Lipinski definition) is 5. The van der Waals surface area contributed by atoms with Crippen molar-refractivity contribution in [2.75, 3.05) is 0 Å². The Hall–Kier alpha value is -3.02. The number of rotatable bonds is 6. The van der Waals surface area contributed by atoms with Crippen molar-refractivity contribution < 1.29 is 9.21 Å². The molecule has 0 fully saturated rings. The van der Waals surface area contributed by atoms with Crippen molar-refractivity contribution in [3.8, 4) is 11.5 Å². The molecule has 1 N–H and O–H groups in total. The molecule has 0 saturated carbocycles. The number of hydrogen-bond donors (Lipinski definition) is 1. The molecule has 0 aliphatic rings. The number of carbonyl (C=O) groups excluding carboxylic acids is 1. The molecule has 24 heavy (non-hydrogen) atoms. The lowest BCUT2D eigenvalue weighted by Gasteiger charge is -2.03. The van der Waals surface area contributed by atoms with Gasteiger partial charge in [0, 0.05) is 37.3 Å². The average Bonchev–Trinajstić information content (AvgIpc) is 3.08. The van der Waals surface area contributed by atoms with E-state index in [-0.39, 0.29) is 5.91 Å². The van der Waals surface area contributed by atoms with Gasteiger partial charge in [0.15, 0.2) is 0 Å². The lowest BCUT2D eigenvalue weighted by atomic mass is 10.1. The Kier molecular flexibility index (Phi) is 4.96. The molecule has 0 bridgehead atoms. The molecular weight excluding hydrogens is 304 g/mol. The Morgan fingerprint density at radius 1 is 1.21 bits per heavy atom. The fraction of sp³-hybridized carbons (Fsp3) is 0.222. The summed E-state index contributed by atoms with van der Waals surface area (Å²) >= 11 is 0. The summed E-state index contributed by atoms with van der Waals surface area (Å²) in [7, 11) is 0. The molecule has 6 heteroatoms. The van der Waals surface area contributed by atoms with Crippen molar-refractivity contribution in [1.29, 1.82) is 0 Å². The van der Waals surface area contributed by atoms with Crippen LogP contribution in [0.4, 0.5) is 0 Å². The highest BCUT2D eigenvalue weighted by Gasteiger charge is 2.10. The molecule has 0 aliphatic heterocycles. The smallest absolute Gasteiger partial charge is 0.247 e. The van der Waals surface area contributed by atoms with E-state index < -0.39 is 0 Å². The first-order chi connectivity index (χ1) is 11.7. The quantitative estimate of drug-likeness (QED) is 0.754. The third-order valence-electron chi connectivity index (χ3n) is 3.51. The number of aromatic nitrogens is 3. The second-order valence-corrected chi connectivity index (χ2v) is 5.51. The summed E-state index contributed by atoms with van der Waals surface area (Å²) in [4.78, 5) is 15.9. The Labute approximate surface area is 140 Å². The minimum absolute atomic E-state index is 0.0610. The number of amides is 1. The van der Waals surface area contributed by atoms with Crippen LogP contribution in [-0.2, 0) is 17.8 Å². The average molecular weight is 322 g/mol. The van der Waals surface area contributed by atoms with Gasteiger partial charge in [-0.1, -0.05) is 23.8 Å². The second kappa shape index (κ2) is 7.50. The van der Waals surface area contributed by atoms with E-state index in [2.05, 4.69) is 20.5 Å². The molecule has 1 aromatic carbocycles. The molecule has 0 aliphatic carbocycles. The number of nitrogens with zero attached hydrogens (tertiary/aromatic N) is 3. The van der Waals surface area contributed by atoms with Crippen molar-refractivity contribution in [2.24, 2.45) is 0 Å². The molecule has 2 heterocycles. The lowest BCUT2D eigenvalue weighted by molar-refractivity contribution is -0.121. The molecule has 0 atom stereocenters. The van der Waals surface area contributed by atoms with Crippen LogP contribution in [0.1, 0.15) is 23.4 Å². The van der Waals surface area contributed by atoms with Gasteiger partial charge in [-0.05, 0) is 30.7 Å². The van der Waals surface area contributed by atoms with Crippen LogP contribution in [0.5, 0.6) is 0 Å². The minimum atomic E-state index is -0.0610. The van der Waals surface area contributed by atoms with Gasteiger partial charge in [-0.15, -0.1) is 10.2 Å². The van der Waals surface area contributed by atoms with Crippen LogP contribution in [0, 0.1) is 6.92 Å². The highest BCUT2D eigenvalue weighted by molar-refractivity contribution is 5.76. The van der Waals surface area contributed by atoms with Crippen LogP contribution in [0.15, 0.2) is 53.2 Å². The Balaban J connectivity index is 1.51. The predicted molar refractivity (Wildman–Crippen MR) is 88.9 cm³/mol. The van der Waals surface area contributed by atoms with Gasteiger partial charge in [-0.2, -0.15) is 0 Å². The maximum absolute atomic E-state index is 11.9. The van der Waals surface area contributed by atoms with Crippen molar-refractivity contribution in [3.05, 3.63) is 65.8 Å². The van der Waals surface area contributed by atoms with E-state index in [9.17, 15) is 4.79 Å². The topological polar surface area (TPSA) is 80.9 Å². The monoisotopic (exact) mass is 322 g/mol. The second-order valence-electron chi connectivity index (χ2n) is 5.51. The molecule has 0 spiro atoms. The van der Waals surface area contributed by atoms with Crippen LogP contribution in [0.3, 0.4) is 0 Å². The van der Waals surface area contributed by atoms with Crippen molar-refractivity contribution in [3.63, 3.8) is 0 Å². The molecule has 3 rings (SSSR count). The molecule has 3 aromatic rings. The zero-order valence-electron chi connectivity index (χ0n) is 13.4. The van der Waals surface area contributed by atoms with Crippen molar-refractivity contribution >= 4 is 5.91 Å². The maximum atomic E-state index is 11.9. The van der Waals surface area contributed by atoms with E-state index in [1.54, 1.807) is 12.4 Å². The lowest BCUT2D eigenvalue weighted by Crippen LogP contribution is -2.23. The highest BCUT2D eigenvalue weighted by Crippen LogP contribution is 2.19. The summed E-state index contributed by atoms with van der Waals surface area (Å²) < 4.78 is 5.63. The normalized spacial score (nSPS) is 10.5. The third-order valence-corrected chi connectivity index (χ3v) is 3.51. The van der Waals surface area contributed by atoms with Crippen LogP contribution >= 0.6 is 0 Å². The summed E-state index contributed by atoms with van der Waals surface area (Å²) in [6.07, 6.45) is 4.15. The standard InChI is InChI=1S/C18H18N4O2/c1-13-4-2-6-15(10-13)18-22-21-17(24-18)8-7-16(23)20-12-14-5-3-9-19-11-14/h2-6,9-11H,7-8,12H2,1H3,(H,20,23). The van der Waals surface area contributed by atoms with Gasteiger partial charge in [-0.25, -0.2) is 0 Å². The van der Waals surface area contributed by atoms with E-state index in [4.69, 9.17) is 4.42 Å². The summed E-state index contributed by atoms with van der Waals surface area (Å²) in [5.74, 6) is 0.877. The fourth-order valence-electron chi connectivity index (χ4n) is 2.26. The number of pyridine rings is 1. The highest BCUT2D eigenvalue weighted by atomic mass is 16.4. The van der Waals surface area contributed by atoms with Crippen molar-refractivity contribution in [1.82, 2.24) is 20.5 Å². The summed E-state index contributed by atoms with van der Waals surface area (Å²) in [5.41, 5.74) is 2.97. The maximum Gasteiger partial charge on any atom is 0.247 e. The van der Waals surface area contributed by atoms with Crippen molar-refractivity contribution in [2.45, 2.75) is 26.3 Å². The Morgan fingerprint density at radius 3 is 2.92 bits per heavy atom. The van der Waals surface area contributed by atoms with E-state index in [1.807, 2.05) is 43.3 Å². The number of benzene rings is 1. The van der Waals surface area contributed by atoms with Gasteiger partial charge >= 0.3 is 0 Å². The summed E-state index contributed by atoms with van der Waals surface area (Å²) in [6, 6.07) is 11.6. The van der Waals surface area contributed by atoms with Gasteiger partial charge in [0.2, 0.25) is 17.7 Å². The first-order valence-electron chi connectivity index (χ1n) is 7.76. The van der Waals surface area contributed by atoms with E-state index >= 15 is 0 Å².